The highest BCUT2D eigenvalue weighted by atomic mass is 35.5. The molecule has 1 aromatic carbocycles. The Hall–Kier alpha value is -1.02. The third-order valence-electron chi connectivity index (χ3n) is 3.19. The second-order valence-electron chi connectivity index (χ2n) is 4.71. The second kappa shape index (κ2) is 5.54. The van der Waals surface area contributed by atoms with Gasteiger partial charge in [0.1, 0.15) is 0 Å². The maximum atomic E-state index is 11.9. The van der Waals surface area contributed by atoms with Crippen molar-refractivity contribution in [3.8, 4) is 0 Å². The summed E-state index contributed by atoms with van der Waals surface area (Å²) in [6.07, 6.45) is 2.34. The van der Waals surface area contributed by atoms with E-state index in [0.717, 1.165) is 19.4 Å². The number of nitrogens with zero attached hydrogens (tertiary/aromatic N) is 1. The van der Waals surface area contributed by atoms with Crippen molar-refractivity contribution in [3.05, 3.63) is 35.4 Å². The Bertz CT molecular complexity index is 405. The number of hydrogen-bond acceptors (Lipinski definition) is 1. The van der Waals surface area contributed by atoms with Gasteiger partial charge in [-0.15, -0.1) is 11.6 Å². The lowest BCUT2D eigenvalue weighted by Gasteiger charge is -2.15. The van der Waals surface area contributed by atoms with Crippen LogP contribution in [0.5, 0.6) is 0 Å². The van der Waals surface area contributed by atoms with E-state index in [-0.39, 0.29) is 11.3 Å². The zero-order valence-electron chi connectivity index (χ0n) is 10.2. The molecule has 1 saturated heterocycles. The lowest BCUT2D eigenvalue weighted by atomic mass is 10.1. The molecule has 1 heterocycles. The van der Waals surface area contributed by atoms with E-state index in [9.17, 15) is 4.79 Å². The summed E-state index contributed by atoms with van der Waals surface area (Å²) in [5.41, 5.74) is 2.48. The third-order valence-corrected chi connectivity index (χ3v) is 3.55. The van der Waals surface area contributed by atoms with Gasteiger partial charge in [-0.25, -0.2) is 0 Å². The Morgan fingerprint density at radius 2 is 2.35 bits per heavy atom. The van der Waals surface area contributed by atoms with E-state index >= 15 is 0 Å². The topological polar surface area (TPSA) is 20.3 Å². The van der Waals surface area contributed by atoms with E-state index in [1.807, 2.05) is 11.0 Å². The zero-order chi connectivity index (χ0) is 12.3. The average Bonchev–Trinajstić information content (AvgIpc) is 2.73. The van der Waals surface area contributed by atoms with E-state index in [2.05, 4.69) is 25.1 Å². The third kappa shape index (κ3) is 3.47. The van der Waals surface area contributed by atoms with Crippen molar-refractivity contribution < 1.29 is 4.79 Å². The summed E-state index contributed by atoms with van der Waals surface area (Å²) < 4.78 is 0. The monoisotopic (exact) mass is 251 g/mol. The average molecular weight is 252 g/mol. The van der Waals surface area contributed by atoms with Crippen LogP contribution in [0.3, 0.4) is 0 Å². The van der Waals surface area contributed by atoms with Crippen molar-refractivity contribution in [2.45, 2.75) is 31.6 Å². The molecule has 1 aliphatic rings. The van der Waals surface area contributed by atoms with Crippen LogP contribution < -0.4 is 0 Å². The molecule has 0 saturated carbocycles. The largest absolute Gasteiger partial charge is 0.341 e. The van der Waals surface area contributed by atoms with Gasteiger partial charge in [0, 0.05) is 19.5 Å². The SMILES string of the molecule is Cc1cccc(CCC(=O)N2CCC(Cl)C2)c1. The first kappa shape index (κ1) is 12.4. The minimum atomic E-state index is 0.151. The molecule has 0 radical (unpaired) electrons. The molecule has 1 amide bonds. The summed E-state index contributed by atoms with van der Waals surface area (Å²) >= 11 is 6.00. The molecule has 0 N–H and O–H groups in total. The molecule has 0 spiro atoms. The van der Waals surface area contributed by atoms with E-state index in [0.29, 0.717) is 13.0 Å². The molecule has 1 unspecified atom stereocenters. The van der Waals surface area contributed by atoms with E-state index in [1.54, 1.807) is 0 Å². The predicted molar refractivity (Wildman–Crippen MR) is 70.3 cm³/mol. The molecular formula is C14H18ClNO. The van der Waals surface area contributed by atoms with Crippen LogP contribution in [-0.4, -0.2) is 29.3 Å². The normalized spacial score (nSPS) is 19.6. The minimum absolute atomic E-state index is 0.151. The van der Waals surface area contributed by atoms with Crippen LogP contribution in [0.25, 0.3) is 0 Å². The van der Waals surface area contributed by atoms with Gasteiger partial charge in [0.2, 0.25) is 5.91 Å². The first-order valence-corrected chi connectivity index (χ1v) is 6.56. The number of benzene rings is 1. The second-order valence-corrected chi connectivity index (χ2v) is 5.33. The van der Waals surface area contributed by atoms with Gasteiger partial charge >= 0.3 is 0 Å². The maximum Gasteiger partial charge on any atom is 0.222 e. The molecule has 3 heteroatoms. The lowest BCUT2D eigenvalue weighted by Crippen LogP contribution is -2.28. The Labute approximate surface area is 108 Å². The number of rotatable bonds is 3. The van der Waals surface area contributed by atoms with Gasteiger partial charge in [0.15, 0.2) is 0 Å². The van der Waals surface area contributed by atoms with Crippen LogP contribution in [0.2, 0.25) is 0 Å². The van der Waals surface area contributed by atoms with Crippen molar-refractivity contribution in [3.63, 3.8) is 0 Å². The molecule has 0 bridgehead atoms. The van der Waals surface area contributed by atoms with Crippen molar-refractivity contribution in [1.29, 1.82) is 0 Å². The van der Waals surface area contributed by atoms with Crippen molar-refractivity contribution in [2.24, 2.45) is 0 Å². The molecule has 1 aromatic rings. The molecule has 2 rings (SSSR count). The van der Waals surface area contributed by atoms with Gasteiger partial charge in [-0.1, -0.05) is 29.8 Å². The molecule has 92 valence electrons. The van der Waals surface area contributed by atoms with Crippen molar-refractivity contribution >= 4 is 17.5 Å². The summed E-state index contributed by atoms with van der Waals surface area (Å²) in [6, 6.07) is 8.33. The van der Waals surface area contributed by atoms with E-state index < -0.39 is 0 Å². The highest BCUT2D eigenvalue weighted by Crippen LogP contribution is 2.16. The minimum Gasteiger partial charge on any atom is -0.341 e. The van der Waals surface area contributed by atoms with Crippen LogP contribution in [0.15, 0.2) is 24.3 Å². The lowest BCUT2D eigenvalue weighted by molar-refractivity contribution is -0.130. The van der Waals surface area contributed by atoms with Crippen molar-refractivity contribution in [2.75, 3.05) is 13.1 Å². The summed E-state index contributed by atoms with van der Waals surface area (Å²) in [6.45, 7) is 3.61. The number of aryl methyl sites for hydroxylation is 2. The van der Waals surface area contributed by atoms with Gasteiger partial charge in [-0.05, 0) is 25.3 Å². The van der Waals surface area contributed by atoms with E-state index in [1.165, 1.54) is 11.1 Å². The molecule has 1 atom stereocenters. The quantitative estimate of drug-likeness (QED) is 0.757. The molecule has 1 fully saturated rings. The number of halogens is 1. The Balaban J connectivity index is 1.84. The highest BCUT2D eigenvalue weighted by molar-refractivity contribution is 6.21. The smallest absolute Gasteiger partial charge is 0.222 e. The van der Waals surface area contributed by atoms with Crippen LogP contribution in [-0.2, 0) is 11.2 Å². The van der Waals surface area contributed by atoms with Gasteiger partial charge in [-0.3, -0.25) is 4.79 Å². The fourth-order valence-electron chi connectivity index (χ4n) is 2.22. The van der Waals surface area contributed by atoms with Crippen LogP contribution in [0, 0.1) is 6.92 Å². The fraction of sp³-hybridized carbons (Fsp3) is 0.500. The first-order valence-electron chi connectivity index (χ1n) is 6.12. The van der Waals surface area contributed by atoms with E-state index in [4.69, 9.17) is 11.6 Å². The molecule has 0 aliphatic carbocycles. The van der Waals surface area contributed by atoms with Crippen LogP contribution >= 0.6 is 11.6 Å². The zero-order valence-corrected chi connectivity index (χ0v) is 10.9. The number of amides is 1. The molecular weight excluding hydrogens is 234 g/mol. The predicted octanol–water partition coefficient (Wildman–Crippen LogP) is 2.77. The highest BCUT2D eigenvalue weighted by Gasteiger charge is 2.23. The molecule has 0 aromatic heterocycles. The number of carbonyl (C=O) groups excluding carboxylic acids is 1. The summed E-state index contributed by atoms with van der Waals surface area (Å²) in [4.78, 5) is 13.8. The van der Waals surface area contributed by atoms with Crippen molar-refractivity contribution in [1.82, 2.24) is 4.90 Å². The fourth-order valence-corrected chi connectivity index (χ4v) is 2.49. The first-order chi connectivity index (χ1) is 8.15. The molecule has 2 nitrogen and oxygen atoms in total. The number of likely N-dealkylation sites (tertiary alicyclic amines) is 1. The van der Waals surface area contributed by atoms with Gasteiger partial charge in [-0.2, -0.15) is 0 Å². The Morgan fingerprint density at radius 3 is 3.00 bits per heavy atom. The van der Waals surface area contributed by atoms with Crippen LogP contribution in [0.1, 0.15) is 24.0 Å². The molecule has 17 heavy (non-hydrogen) atoms. The number of alkyl halides is 1. The summed E-state index contributed by atoms with van der Waals surface area (Å²) in [5.74, 6) is 0.231. The van der Waals surface area contributed by atoms with Gasteiger partial charge in [0.25, 0.3) is 0 Å². The number of hydrogen-bond donors (Lipinski definition) is 0. The van der Waals surface area contributed by atoms with Crippen LogP contribution in [0.4, 0.5) is 0 Å². The standard InChI is InChI=1S/C14H18ClNO/c1-11-3-2-4-12(9-11)5-6-14(17)16-8-7-13(15)10-16/h2-4,9,13H,5-8,10H2,1H3. The number of carbonyl (C=O) groups is 1. The maximum absolute atomic E-state index is 11.9. The Kier molecular flexibility index (Phi) is 4.06. The van der Waals surface area contributed by atoms with Gasteiger partial charge in [0.05, 0.1) is 5.38 Å². The Morgan fingerprint density at radius 1 is 1.53 bits per heavy atom. The van der Waals surface area contributed by atoms with Gasteiger partial charge < -0.3 is 4.90 Å². The molecule has 1 aliphatic heterocycles. The summed E-state index contributed by atoms with van der Waals surface area (Å²) in [7, 11) is 0. The summed E-state index contributed by atoms with van der Waals surface area (Å²) in [5, 5.41) is 0.151.